The van der Waals surface area contributed by atoms with E-state index in [1.54, 1.807) is 18.2 Å². The summed E-state index contributed by atoms with van der Waals surface area (Å²) in [4.78, 5) is 12.3. The van der Waals surface area contributed by atoms with Crippen LogP contribution in [0.5, 0.6) is 0 Å². The minimum absolute atomic E-state index is 0.144. The zero-order valence-corrected chi connectivity index (χ0v) is 14.4. The van der Waals surface area contributed by atoms with Crippen molar-refractivity contribution in [3.8, 4) is 0 Å². The summed E-state index contributed by atoms with van der Waals surface area (Å²) in [6.07, 6.45) is 0. The predicted molar refractivity (Wildman–Crippen MR) is 88.9 cm³/mol. The molecule has 0 unspecified atom stereocenters. The van der Waals surface area contributed by atoms with E-state index in [4.69, 9.17) is 0 Å². The van der Waals surface area contributed by atoms with Crippen LogP contribution in [0.25, 0.3) is 0 Å². The van der Waals surface area contributed by atoms with Gasteiger partial charge in [-0.05, 0) is 38.8 Å². The SMILES string of the molecule is CC(C)c1cc(C(=O)NCc2ccccc2F)nn1C(C)(C)C. The molecular formula is C18H24FN3O. The molecule has 1 N–H and O–H groups in total. The third-order valence-corrected chi connectivity index (χ3v) is 3.59. The Balaban J connectivity index is 2.18. The molecule has 0 aliphatic carbocycles. The fraction of sp³-hybridized carbons (Fsp3) is 0.444. The standard InChI is InChI=1S/C18H24FN3O/c1-12(2)16-10-15(21-22(16)18(3,4)5)17(23)20-11-13-8-6-7-9-14(13)19/h6-10,12H,11H2,1-5H3,(H,20,23). The normalized spacial score (nSPS) is 11.8. The largest absolute Gasteiger partial charge is 0.346 e. The van der Waals surface area contributed by atoms with Gasteiger partial charge in [0.05, 0.1) is 5.54 Å². The molecule has 0 saturated carbocycles. The van der Waals surface area contributed by atoms with Gasteiger partial charge in [0.25, 0.3) is 5.91 Å². The summed E-state index contributed by atoms with van der Waals surface area (Å²) in [5.41, 5.74) is 1.62. The van der Waals surface area contributed by atoms with Gasteiger partial charge in [0.15, 0.2) is 0 Å². The number of benzene rings is 1. The molecule has 23 heavy (non-hydrogen) atoms. The van der Waals surface area contributed by atoms with Gasteiger partial charge in [-0.2, -0.15) is 5.10 Å². The van der Waals surface area contributed by atoms with Crippen LogP contribution in [0.15, 0.2) is 30.3 Å². The molecule has 124 valence electrons. The number of rotatable bonds is 4. The lowest BCUT2D eigenvalue weighted by Crippen LogP contribution is -2.27. The number of hydrogen-bond acceptors (Lipinski definition) is 2. The third kappa shape index (κ3) is 3.97. The Hall–Kier alpha value is -2.17. The molecule has 0 atom stereocenters. The molecule has 1 aromatic heterocycles. The number of halogens is 1. The highest BCUT2D eigenvalue weighted by atomic mass is 19.1. The summed E-state index contributed by atoms with van der Waals surface area (Å²) >= 11 is 0. The highest BCUT2D eigenvalue weighted by Crippen LogP contribution is 2.23. The summed E-state index contributed by atoms with van der Waals surface area (Å²) in [6.45, 7) is 10.4. The Morgan fingerprint density at radius 2 is 1.96 bits per heavy atom. The fourth-order valence-electron chi connectivity index (χ4n) is 2.36. The van der Waals surface area contributed by atoms with E-state index in [9.17, 15) is 9.18 Å². The van der Waals surface area contributed by atoms with Crippen LogP contribution >= 0.6 is 0 Å². The predicted octanol–water partition coefficient (Wildman–Crippen LogP) is 3.83. The monoisotopic (exact) mass is 317 g/mol. The topological polar surface area (TPSA) is 46.9 Å². The first-order valence-electron chi connectivity index (χ1n) is 7.82. The Kier molecular flexibility index (Phi) is 4.88. The summed E-state index contributed by atoms with van der Waals surface area (Å²) in [6, 6.07) is 8.22. The fourth-order valence-corrected chi connectivity index (χ4v) is 2.36. The van der Waals surface area contributed by atoms with E-state index in [0.29, 0.717) is 11.3 Å². The van der Waals surface area contributed by atoms with Gasteiger partial charge in [0.1, 0.15) is 11.5 Å². The molecule has 5 heteroatoms. The molecule has 0 aliphatic heterocycles. The summed E-state index contributed by atoms with van der Waals surface area (Å²) in [5.74, 6) is -0.358. The number of nitrogens with one attached hydrogen (secondary N) is 1. The molecule has 0 radical (unpaired) electrons. The van der Waals surface area contributed by atoms with Crippen LogP contribution in [0.3, 0.4) is 0 Å². The third-order valence-electron chi connectivity index (χ3n) is 3.59. The maximum absolute atomic E-state index is 13.6. The number of nitrogens with zero attached hydrogens (tertiary/aromatic N) is 2. The van der Waals surface area contributed by atoms with Crippen molar-refractivity contribution >= 4 is 5.91 Å². The summed E-state index contributed by atoms with van der Waals surface area (Å²) in [7, 11) is 0. The molecular weight excluding hydrogens is 293 g/mol. The van der Waals surface area contributed by atoms with E-state index in [1.165, 1.54) is 6.07 Å². The number of carbonyl (C=O) groups is 1. The summed E-state index contributed by atoms with van der Waals surface area (Å²) < 4.78 is 15.5. The molecule has 0 saturated heterocycles. The second kappa shape index (κ2) is 6.52. The van der Waals surface area contributed by atoms with E-state index in [-0.39, 0.29) is 29.7 Å². The smallest absolute Gasteiger partial charge is 0.272 e. The van der Waals surface area contributed by atoms with E-state index in [2.05, 4.69) is 24.3 Å². The second-order valence-corrected chi connectivity index (χ2v) is 6.97. The molecule has 2 rings (SSSR count). The van der Waals surface area contributed by atoms with Crippen molar-refractivity contribution in [3.63, 3.8) is 0 Å². The van der Waals surface area contributed by atoms with E-state index in [0.717, 1.165) is 5.69 Å². The minimum Gasteiger partial charge on any atom is -0.346 e. The second-order valence-electron chi connectivity index (χ2n) is 6.97. The minimum atomic E-state index is -0.323. The van der Waals surface area contributed by atoms with Crippen molar-refractivity contribution in [2.24, 2.45) is 0 Å². The maximum Gasteiger partial charge on any atom is 0.272 e. The molecule has 0 spiro atoms. The molecule has 2 aromatic rings. The van der Waals surface area contributed by atoms with Crippen LogP contribution in [-0.4, -0.2) is 15.7 Å². The average Bonchev–Trinajstić information content (AvgIpc) is 2.91. The number of aromatic nitrogens is 2. The summed E-state index contributed by atoms with van der Waals surface area (Å²) in [5, 5.41) is 7.18. The van der Waals surface area contributed by atoms with Gasteiger partial charge in [-0.25, -0.2) is 4.39 Å². The highest BCUT2D eigenvalue weighted by Gasteiger charge is 2.23. The number of hydrogen-bond donors (Lipinski definition) is 1. The maximum atomic E-state index is 13.6. The van der Waals surface area contributed by atoms with Gasteiger partial charge in [-0.3, -0.25) is 9.48 Å². The molecule has 0 fully saturated rings. The van der Waals surface area contributed by atoms with Crippen LogP contribution in [0.2, 0.25) is 0 Å². The highest BCUT2D eigenvalue weighted by molar-refractivity contribution is 5.92. The van der Waals surface area contributed by atoms with Gasteiger partial charge in [0.2, 0.25) is 0 Å². The lowest BCUT2D eigenvalue weighted by Gasteiger charge is -2.23. The zero-order valence-electron chi connectivity index (χ0n) is 14.4. The van der Waals surface area contributed by atoms with Crippen molar-refractivity contribution < 1.29 is 9.18 Å². The van der Waals surface area contributed by atoms with Crippen LogP contribution in [-0.2, 0) is 12.1 Å². The van der Waals surface area contributed by atoms with Gasteiger partial charge >= 0.3 is 0 Å². The van der Waals surface area contributed by atoms with Gasteiger partial charge in [0, 0.05) is 17.8 Å². The van der Waals surface area contributed by atoms with Crippen LogP contribution in [0, 0.1) is 5.82 Å². The van der Waals surface area contributed by atoms with Gasteiger partial charge in [-0.15, -0.1) is 0 Å². The Morgan fingerprint density at radius 3 is 2.48 bits per heavy atom. The van der Waals surface area contributed by atoms with Crippen molar-refractivity contribution in [1.29, 1.82) is 0 Å². The Bertz CT molecular complexity index is 699. The molecule has 1 heterocycles. The van der Waals surface area contributed by atoms with Crippen LogP contribution < -0.4 is 5.32 Å². The zero-order chi connectivity index (χ0) is 17.2. The van der Waals surface area contributed by atoms with Crippen molar-refractivity contribution in [3.05, 3.63) is 53.1 Å². The Labute approximate surface area is 136 Å². The molecule has 0 bridgehead atoms. The van der Waals surface area contributed by atoms with Crippen LogP contribution in [0.4, 0.5) is 4.39 Å². The van der Waals surface area contributed by atoms with Crippen molar-refractivity contribution in [2.75, 3.05) is 0 Å². The van der Waals surface area contributed by atoms with Crippen molar-refractivity contribution in [2.45, 2.75) is 52.6 Å². The number of carbonyl (C=O) groups excluding carboxylic acids is 1. The Morgan fingerprint density at radius 1 is 1.30 bits per heavy atom. The van der Waals surface area contributed by atoms with E-state index in [1.807, 2.05) is 31.5 Å². The molecule has 1 amide bonds. The first kappa shape index (κ1) is 17.2. The lowest BCUT2D eigenvalue weighted by atomic mass is 10.1. The van der Waals surface area contributed by atoms with Gasteiger partial charge in [-0.1, -0.05) is 32.0 Å². The van der Waals surface area contributed by atoms with Gasteiger partial charge < -0.3 is 5.32 Å². The molecule has 1 aromatic carbocycles. The quantitative estimate of drug-likeness (QED) is 0.931. The molecule has 0 aliphatic rings. The van der Waals surface area contributed by atoms with Crippen LogP contribution in [0.1, 0.15) is 62.3 Å². The van der Waals surface area contributed by atoms with E-state index >= 15 is 0 Å². The first-order chi connectivity index (χ1) is 10.7. The van der Waals surface area contributed by atoms with Crippen molar-refractivity contribution in [1.82, 2.24) is 15.1 Å². The van der Waals surface area contributed by atoms with E-state index < -0.39 is 0 Å². The lowest BCUT2D eigenvalue weighted by molar-refractivity contribution is 0.0944. The first-order valence-corrected chi connectivity index (χ1v) is 7.82. The number of amides is 1. The average molecular weight is 317 g/mol. The molecule has 4 nitrogen and oxygen atoms in total.